The third-order valence-electron chi connectivity index (χ3n) is 4.94. The predicted octanol–water partition coefficient (Wildman–Crippen LogP) is 6.30. The van der Waals surface area contributed by atoms with E-state index >= 15 is 0 Å². The Kier molecular flexibility index (Phi) is 12.7. The molecule has 0 fully saturated rings. The minimum atomic E-state index is -0.284. The molecule has 0 unspecified atom stereocenters. The Morgan fingerprint density at radius 1 is 0.771 bits per heavy atom. The van der Waals surface area contributed by atoms with Gasteiger partial charge in [-0.1, -0.05) is 53.6 Å². The van der Waals surface area contributed by atoms with E-state index in [1.807, 2.05) is 18.2 Å². The van der Waals surface area contributed by atoms with Crippen molar-refractivity contribution in [2.75, 3.05) is 32.8 Å². The van der Waals surface area contributed by atoms with E-state index in [1.165, 1.54) is 12.2 Å². The molecule has 0 bridgehead atoms. The van der Waals surface area contributed by atoms with Crippen molar-refractivity contribution in [2.24, 2.45) is 0 Å². The second-order valence-corrected chi connectivity index (χ2v) is 8.48. The number of allylic oxidation sites excluding steroid dienone is 2. The molecule has 0 saturated heterocycles. The molecule has 0 saturated carbocycles. The van der Waals surface area contributed by atoms with Crippen molar-refractivity contribution in [3.8, 4) is 23.0 Å². The Bertz CT molecular complexity index is 947. The fourth-order valence-electron chi connectivity index (χ4n) is 3.05. The van der Waals surface area contributed by atoms with E-state index in [9.17, 15) is 9.59 Å². The largest absolute Gasteiger partial charge is 0.493 e. The molecule has 7 heteroatoms. The van der Waals surface area contributed by atoms with Crippen LogP contribution in [0.3, 0.4) is 0 Å². The summed E-state index contributed by atoms with van der Waals surface area (Å²) in [4.78, 5) is 24.5. The number of methoxy groups -OCH3 is 2. The molecule has 6 nitrogen and oxygen atoms in total. The zero-order valence-electron chi connectivity index (χ0n) is 20.6. The van der Waals surface area contributed by atoms with Crippen LogP contribution in [0.25, 0.3) is 12.2 Å². The predicted molar refractivity (Wildman–Crippen MR) is 143 cm³/mol. The number of unbranched alkanes of at least 4 members (excludes halogenated alkanes) is 1. The van der Waals surface area contributed by atoms with Crippen molar-refractivity contribution in [1.82, 2.24) is 0 Å². The van der Waals surface area contributed by atoms with Gasteiger partial charge in [-0.2, -0.15) is 0 Å². The number of hydrogen-bond acceptors (Lipinski definition) is 6. The number of ketones is 2. The summed E-state index contributed by atoms with van der Waals surface area (Å²) < 4.78 is 22.2. The van der Waals surface area contributed by atoms with Gasteiger partial charge in [0.2, 0.25) is 0 Å². The van der Waals surface area contributed by atoms with Gasteiger partial charge in [0.1, 0.15) is 0 Å². The monoisotopic (exact) mass is 544 g/mol. The molecule has 2 rings (SSSR count). The molecule has 0 atom stereocenters. The molecule has 2 aromatic carbocycles. The van der Waals surface area contributed by atoms with Gasteiger partial charge >= 0.3 is 0 Å². The second kappa shape index (κ2) is 15.8. The van der Waals surface area contributed by atoms with Crippen LogP contribution >= 0.6 is 15.9 Å². The first kappa shape index (κ1) is 28.2. The molecule has 0 aliphatic carbocycles. The van der Waals surface area contributed by atoms with Crippen molar-refractivity contribution in [2.45, 2.75) is 32.6 Å². The second-order valence-electron chi connectivity index (χ2n) is 7.69. The molecular weight excluding hydrogens is 512 g/mol. The lowest BCUT2D eigenvalue weighted by Gasteiger charge is -2.10. The van der Waals surface area contributed by atoms with Crippen LogP contribution in [0.5, 0.6) is 23.0 Å². The topological polar surface area (TPSA) is 71.1 Å². The van der Waals surface area contributed by atoms with Crippen LogP contribution in [0.2, 0.25) is 0 Å². The Hall–Kier alpha value is -3.06. The summed E-state index contributed by atoms with van der Waals surface area (Å²) in [6.45, 7) is 3.30. The van der Waals surface area contributed by atoms with Gasteiger partial charge in [0.05, 0.1) is 33.9 Å². The van der Waals surface area contributed by atoms with Crippen molar-refractivity contribution < 1.29 is 28.5 Å². The molecule has 2 aromatic rings. The summed E-state index contributed by atoms with van der Waals surface area (Å²) in [7, 11) is 3.14. The van der Waals surface area contributed by atoms with E-state index in [0.29, 0.717) is 36.2 Å². The van der Waals surface area contributed by atoms with E-state index in [2.05, 4.69) is 22.9 Å². The standard InChI is InChI=1S/C28H33BrO6/c1-4-5-16-34-25-13-9-21(18-27(25)32-2)7-11-23(30)20-24(31)12-8-22-10-14-26(28(19-22)33-3)35-17-6-15-29/h7-14,18-19H,4-6,15-17,20H2,1-3H3/b11-7+,12-8+. The van der Waals surface area contributed by atoms with Gasteiger partial charge in [-0.15, -0.1) is 0 Å². The van der Waals surface area contributed by atoms with Gasteiger partial charge in [0.15, 0.2) is 34.6 Å². The van der Waals surface area contributed by atoms with E-state index in [1.54, 1.807) is 44.6 Å². The highest BCUT2D eigenvalue weighted by Crippen LogP contribution is 2.29. The quantitative estimate of drug-likeness (QED) is 0.107. The normalized spacial score (nSPS) is 11.1. The van der Waals surface area contributed by atoms with E-state index in [-0.39, 0.29) is 18.0 Å². The average Bonchev–Trinajstić information content (AvgIpc) is 2.87. The summed E-state index contributed by atoms with van der Waals surface area (Å²) >= 11 is 3.37. The SMILES string of the molecule is CCCCOc1ccc(/C=C/C(=O)CC(=O)/C=C/c2ccc(OCCCBr)c(OC)c2)cc1OC. The Morgan fingerprint density at radius 3 is 1.69 bits per heavy atom. The van der Waals surface area contributed by atoms with Crippen molar-refractivity contribution in [3.63, 3.8) is 0 Å². The molecule has 0 amide bonds. The van der Waals surface area contributed by atoms with Crippen LogP contribution in [0.4, 0.5) is 0 Å². The molecule has 188 valence electrons. The van der Waals surface area contributed by atoms with Gasteiger partial charge in [-0.25, -0.2) is 0 Å². The summed E-state index contributed by atoms with van der Waals surface area (Å²) in [6.07, 6.45) is 8.81. The van der Waals surface area contributed by atoms with Crippen molar-refractivity contribution >= 4 is 39.6 Å². The number of ether oxygens (including phenoxy) is 4. The third-order valence-corrected chi connectivity index (χ3v) is 5.50. The lowest BCUT2D eigenvalue weighted by Crippen LogP contribution is -2.02. The van der Waals surface area contributed by atoms with E-state index < -0.39 is 0 Å². The van der Waals surface area contributed by atoms with Gasteiger partial charge in [0.25, 0.3) is 0 Å². The van der Waals surface area contributed by atoms with Crippen LogP contribution < -0.4 is 18.9 Å². The van der Waals surface area contributed by atoms with Gasteiger partial charge < -0.3 is 18.9 Å². The van der Waals surface area contributed by atoms with Crippen molar-refractivity contribution in [3.05, 3.63) is 59.7 Å². The highest BCUT2D eigenvalue weighted by Gasteiger charge is 2.08. The maximum absolute atomic E-state index is 12.3. The Balaban J connectivity index is 1.93. The lowest BCUT2D eigenvalue weighted by atomic mass is 10.1. The van der Waals surface area contributed by atoms with Gasteiger partial charge in [0, 0.05) is 5.33 Å². The fraction of sp³-hybridized carbons (Fsp3) is 0.357. The molecular formula is C28H33BrO6. The highest BCUT2D eigenvalue weighted by molar-refractivity contribution is 9.09. The number of carbonyl (C=O) groups is 2. The molecule has 0 aromatic heterocycles. The third kappa shape index (κ3) is 9.99. The molecule has 0 N–H and O–H groups in total. The number of rotatable bonds is 16. The molecule has 35 heavy (non-hydrogen) atoms. The Labute approximate surface area is 216 Å². The Morgan fingerprint density at radius 2 is 1.26 bits per heavy atom. The first-order valence-corrected chi connectivity index (χ1v) is 12.7. The smallest absolute Gasteiger partial charge is 0.163 e. The van der Waals surface area contributed by atoms with Crippen LogP contribution in [-0.4, -0.2) is 44.3 Å². The molecule has 0 aliphatic heterocycles. The molecule has 0 spiro atoms. The number of hydrogen-bond donors (Lipinski definition) is 0. The highest BCUT2D eigenvalue weighted by atomic mass is 79.9. The molecule has 0 radical (unpaired) electrons. The van der Waals surface area contributed by atoms with Crippen molar-refractivity contribution in [1.29, 1.82) is 0 Å². The summed E-state index contributed by atoms with van der Waals surface area (Å²) in [6, 6.07) is 10.9. The number of alkyl halides is 1. The zero-order valence-corrected chi connectivity index (χ0v) is 22.1. The summed E-state index contributed by atoms with van der Waals surface area (Å²) in [5.74, 6) is 1.94. The first-order chi connectivity index (χ1) is 17.0. The molecule has 0 heterocycles. The summed E-state index contributed by atoms with van der Waals surface area (Å²) in [5.41, 5.74) is 1.56. The van der Waals surface area contributed by atoms with Gasteiger partial charge in [-0.3, -0.25) is 9.59 Å². The van der Waals surface area contributed by atoms with Crippen LogP contribution in [-0.2, 0) is 9.59 Å². The number of benzene rings is 2. The van der Waals surface area contributed by atoms with E-state index in [0.717, 1.165) is 35.7 Å². The van der Waals surface area contributed by atoms with E-state index in [4.69, 9.17) is 18.9 Å². The number of halogens is 1. The summed E-state index contributed by atoms with van der Waals surface area (Å²) in [5, 5.41) is 0.862. The maximum atomic E-state index is 12.3. The fourth-order valence-corrected chi connectivity index (χ4v) is 3.27. The average molecular weight is 545 g/mol. The minimum Gasteiger partial charge on any atom is -0.493 e. The van der Waals surface area contributed by atoms with Crippen LogP contribution in [0.15, 0.2) is 48.6 Å². The zero-order chi connectivity index (χ0) is 25.5. The minimum absolute atomic E-state index is 0.215. The van der Waals surface area contributed by atoms with Crippen LogP contribution in [0, 0.1) is 0 Å². The maximum Gasteiger partial charge on any atom is 0.163 e. The number of carbonyl (C=O) groups excluding carboxylic acids is 2. The van der Waals surface area contributed by atoms with Gasteiger partial charge in [-0.05, 0) is 60.4 Å². The lowest BCUT2D eigenvalue weighted by molar-refractivity contribution is -0.121. The first-order valence-electron chi connectivity index (χ1n) is 11.6. The molecule has 0 aliphatic rings. The van der Waals surface area contributed by atoms with Crippen LogP contribution in [0.1, 0.15) is 43.7 Å².